The third-order valence-electron chi connectivity index (χ3n) is 12.6. The van der Waals surface area contributed by atoms with Gasteiger partial charge in [-0.2, -0.15) is 0 Å². The van der Waals surface area contributed by atoms with Gasteiger partial charge in [0.05, 0.1) is 0 Å². The van der Waals surface area contributed by atoms with Crippen LogP contribution < -0.4 is 0 Å². The first-order valence-corrected chi connectivity index (χ1v) is 21.8. The first-order valence-electron chi connectivity index (χ1n) is 21.8. The molecule has 0 saturated heterocycles. The van der Waals surface area contributed by atoms with E-state index in [-0.39, 0.29) is 0 Å². The molecular weight excluding hydrogens is 775 g/mol. The van der Waals surface area contributed by atoms with Crippen molar-refractivity contribution in [1.82, 2.24) is 15.0 Å². The summed E-state index contributed by atoms with van der Waals surface area (Å²) in [5.74, 6) is 1.88. The Morgan fingerprint density at radius 1 is 0.172 bits per heavy atom. The zero-order valence-corrected chi connectivity index (χ0v) is 34.9. The van der Waals surface area contributed by atoms with Crippen molar-refractivity contribution in [3.05, 3.63) is 237 Å². The summed E-state index contributed by atoms with van der Waals surface area (Å²) in [6, 6.07) is 84.1. The van der Waals surface area contributed by atoms with Crippen LogP contribution in [0, 0.1) is 0 Å². The number of nitrogens with zero attached hydrogens (tertiary/aromatic N) is 3. The Kier molecular flexibility index (Phi) is 9.16. The van der Waals surface area contributed by atoms with E-state index in [1.807, 2.05) is 6.07 Å². The van der Waals surface area contributed by atoms with Crippen LogP contribution >= 0.6 is 0 Å². The van der Waals surface area contributed by atoms with Gasteiger partial charge in [-0.1, -0.05) is 224 Å². The fourth-order valence-corrected chi connectivity index (χ4v) is 9.60. The minimum atomic E-state index is 0.623. The van der Waals surface area contributed by atoms with E-state index >= 15 is 0 Å². The van der Waals surface area contributed by atoms with E-state index in [1.165, 1.54) is 54.9 Å². The molecule has 11 aromatic carbocycles. The fourth-order valence-electron chi connectivity index (χ4n) is 9.60. The Labute approximate surface area is 371 Å². The lowest BCUT2D eigenvalue weighted by atomic mass is 9.84. The lowest BCUT2D eigenvalue weighted by molar-refractivity contribution is 1.08. The second-order valence-corrected chi connectivity index (χ2v) is 16.2. The largest absolute Gasteiger partial charge is 0.208 e. The first-order chi connectivity index (χ1) is 31.8. The number of hydrogen-bond donors (Lipinski definition) is 0. The standard InChI is InChI=1S/C61H39N3/c1-4-18-40(19-5-1)41-32-34-44(35-33-41)59-62-60(55-38-36-45(42-20-6-2-7-21-42)46-24-10-12-26-48(46)55)64-61(63-59)56-39-37-54(47-25-11-13-27-49(47)56)58-52-30-16-14-28-50(52)57(43-22-8-3-9-23-43)51-29-15-17-31-53(51)58/h1-39H. The third kappa shape index (κ3) is 6.42. The predicted molar refractivity (Wildman–Crippen MR) is 268 cm³/mol. The molecule has 3 nitrogen and oxygen atoms in total. The molecule has 298 valence electrons. The maximum absolute atomic E-state index is 5.39. The summed E-state index contributed by atoms with van der Waals surface area (Å²) in [5, 5.41) is 9.33. The molecule has 0 atom stereocenters. The summed E-state index contributed by atoms with van der Waals surface area (Å²) in [7, 11) is 0. The van der Waals surface area contributed by atoms with Crippen LogP contribution in [0.3, 0.4) is 0 Å². The Morgan fingerprint density at radius 3 is 0.984 bits per heavy atom. The van der Waals surface area contributed by atoms with Crippen LogP contribution in [0.25, 0.3) is 122 Å². The van der Waals surface area contributed by atoms with E-state index in [4.69, 9.17) is 15.0 Å². The topological polar surface area (TPSA) is 38.7 Å². The van der Waals surface area contributed by atoms with Gasteiger partial charge in [0.15, 0.2) is 17.5 Å². The minimum Gasteiger partial charge on any atom is -0.208 e. The first kappa shape index (κ1) is 37.2. The minimum absolute atomic E-state index is 0.623. The number of hydrogen-bond acceptors (Lipinski definition) is 3. The molecule has 0 amide bonds. The van der Waals surface area contributed by atoms with Gasteiger partial charge in [-0.3, -0.25) is 0 Å². The summed E-state index contributed by atoms with van der Waals surface area (Å²) in [4.78, 5) is 16.0. The Morgan fingerprint density at radius 2 is 0.484 bits per heavy atom. The predicted octanol–water partition coefficient (Wildman–Crippen LogP) is 16.2. The molecule has 0 aliphatic rings. The van der Waals surface area contributed by atoms with Crippen LogP contribution in [-0.2, 0) is 0 Å². The lowest BCUT2D eigenvalue weighted by Crippen LogP contribution is -2.01. The quantitative estimate of drug-likeness (QED) is 0.150. The van der Waals surface area contributed by atoms with Crippen LogP contribution in [0.4, 0.5) is 0 Å². The zero-order chi connectivity index (χ0) is 42.4. The van der Waals surface area contributed by atoms with Crippen molar-refractivity contribution in [2.24, 2.45) is 0 Å². The van der Waals surface area contributed by atoms with E-state index < -0.39 is 0 Å². The maximum atomic E-state index is 5.39. The van der Waals surface area contributed by atoms with Crippen LogP contribution in [0.5, 0.6) is 0 Å². The van der Waals surface area contributed by atoms with E-state index in [0.29, 0.717) is 17.5 Å². The summed E-state index contributed by atoms with van der Waals surface area (Å²) < 4.78 is 0. The molecular formula is C61H39N3. The van der Waals surface area contributed by atoms with Crippen molar-refractivity contribution < 1.29 is 0 Å². The Hall–Kier alpha value is -8.53. The molecule has 0 radical (unpaired) electrons. The molecule has 1 aromatic heterocycles. The molecule has 0 fully saturated rings. The number of fused-ring (bicyclic) bond motifs is 4. The van der Waals surface area contributed by atoms with Crippen LogP contribution in [-0.4, -0.2) is 15.0 Å². The molecule has 0 aliphatic carbocycles. The van der Waals surface area contributed by atoms with Gasteiger partial charge < -0.3 is 0 Å². The third-order valence-corrected chi connectivity index (χ3v) is 12.6. The van der Waals surface area contributed by atoms with E-state index in [0.717, 1.165) is 49.4 Å². The van der Waals surface area contributed by atoms with Gasteiger partial charge in [-0.05, 0) is 99.7 Å². The zero-order valence-electron chi connectivity index (χ0n) is 34.9. The van der Waals surface area contributed by atoms with Crippen molar-refractivity contribution in [3.8, 4) is 78.7 Å². The highest BCUT2D eigenvalue weighted by molar-refractivity contribution is 6.24. The van der Waals surface area contributed by atoms with Crippen molar-refractivity contribution in [2.75, 3.05) is 0 Å². The molecule has 0 bridgehead atoms. The molecule has 0 N–H and O–H groups in total. The van der Waals surface area contributed by atoms with Gasteiger partial charge >= 0.3 is 0 Å². The highest BCUT2D eigenvalue weighted by Gasteiger charge is 2.21. The number of benzene rings is 11. The molecule has 64 heavy (non-hydrogen) atoms. The average Bonchev–Trinajstić information content (AvgIpc) is 3.38. The molecule has 12 rings (SSSR count). The second kappa shape index (κ2) is 15.7. The molecule has 3 heteroatoms. The highest BCUT2D eigenvalue weighted by atomic mass is 15.0. The van der Waals surface area contributed by atoms with Crippen molar-refractivity contribution in [3.63, 3.8) is 0 Å². The van der Waals surface area contributed by atoms with E-state index in [9.17, 15) is 0 Å². The molecule has 1 heterocycles. The highest BCUT2D eigenvalue weighted by Crippen LogP contribution is 2.46. The van der Waals surface area contributed by atoms with Gasteiger partial charge in [0.2, 0.25) is 0 Å². The Balaban J connectivity index is 1.08. The fraction of sp³-hybridized carbons (Fsp3) is 0. The summed E-state index contributed by atoms with van der Waals surface area (Å²) in [6.45, 7) is 0. The monoisotopic (exact) mass is 813 g/mol. The van der Waals surface area contributed by atoms with Crippen molar-refractivity contribution in [1.29, 1.82) is 0 Å². The van der Waals surface area contributed by atoms with Crippen LogP contribution in [0.2, 0.25) is 0 Å². The van der Waals surface area contributed by atoms with Gasteiger partial charge in [0.1, 0.15) is 0 Å². The lowest BCUT2D eigenvalue weighted by Gasteiger charge is -2.19. The van der Waals surface area contributed by atoms with Gasteiger partial charge in [-0.15, -0.1) is 0 Å². The molecule has 0 spiro atoms. The molecule has 0 unspecified atom stereocenters. The smallest absolute Gasteiger partial charge is 0.164 e. The van der Waals surface area contributed by atoms with Crippen molar-refractivity contribution in [2.45, 2.75) is 0 Å². The maximum Gasteiger partial charge on any atom is 0.164 e. The van der Waals surface area contributed by atoms with Crippen molar-refractivity contribution >= 4 is 43.1 Å². The van der Waals surface area contributed by atoms with E-state index in [1.54, 1.807) is 0 Å². The summed E-state index contributed by atoms with van der Waals surface area (Å²) >= 11 is 0. The SMILES string of the molecule is c1ccc(-c2ccc(-c3nc(-c4ccc(-c5ccccc5)c5ccccc45)nc(-c4ccc(-c5c6ccccc6c(-c6ccccc6)c6ccccc56)c5ccccc45)n3)cc2)cc1. The number of rotatable bonds is 7. The van der Waals surface area contributed by atoms with Crippen LogP contribution in [0.15, 0.2) is 237 Å². The summed E-state index contributed by atoms with van der Waals surface area (Å²) in [5.41, 5.74) is 12.3. The average molecular weight is 814 g/mol. The molecule has 0 saturated carbocycles. The normalized spacial score (nSPS) is 11.4. The molecule has 0 aliphatic heterocycles. The summed E-state index contributed by atoms with van der Waals surface area (Å²) in [6.07, 6.45) is 0. The Bertz CT molecular complexity index is 3640. The van der Waals surface area contributed by atoms with E-state index in [2.05, 4.69) is 231 Å². The second-order valence-electron chi connectivity index (χ2n) is 16.2. The van der Waals surface area contributed by atoms with Crippen LogP contribution in [0.1, 0.15) is 0 Å². The van der Waals surface area contributed by atoms with Gasteiger partial charge in [0, 0.05) is 16.7 Å². The number of aromatic nitrogens is 3. The van der Waals surface area contributed by atoms with Gasteiger partial charge in [0.25, 0.3) is 0 Å². The molecule has 12 aromatic rings. The van der Waals surface area contributed by atoms with Gasteiger partial charge in [-0.25, -0.2) is 15.0 Å².